The molecule has 10 heteroatoms. The topological polar surface area (TPSA) is 83.5 Å². The largest absolute Gasteiger partial charge is 0.332 e. The second kappa shape index (κ2) is 8.79. The van der Waals surface area contributed by atoms with E-state index in [1.165, 1.54) is 22.6 Å². The molecule has 0 radical (unpaired) electrons. The number of nitrogens with one attached hydrogen (secondary N) is 1. The zero-order valence-corrected chi connectivity index (χ0v) is 18.9. The van der Waals surface area contributed by atoms with E-state index in [-0.39, 0.29) is 17.5 Å². The first-order chi connectivity index (χ1) is 14.7. The molecule has 31 heavy (non-hydrogen) atoms. The van der Waals surface area contributed by atoms with E-state index < -0.39 is 25.1 Å². The van der Waals surface area contributed by atoms with Gasteiger partial charge in [0.05, 0.1) is 9.79 Å². The van der Waals surface area contributed by atoms with Gasteiger partial charge in [-0.05, 0) is 47.2 Å². The van der Waals surface area contributed by atoms with Crippen LogP contribution in [0.2, 0.25) is 0 Å². The summed E-state index contributed by atoms with van der Waals surface area (Å²) in [7, 11) is -9.04. The first-order valence-electron chi connectivity index (χ1n) is 9.63. The zero-order valence-electron chi connectivity index (χ0n) is 16.4. The van der Waals surface area contributed by atoms with Gasteiger partial charge in [-0.3, -0.25) is 4.90 Å². The molecule has 1 atom stereocenters. The van der Waals surface area contributed by atoms with Crippen molar-refractivity contribution in [2.45, 2.75) is 28.8 Å². The summed E-state index contributed by atoms with van der Waals surface area (Å²) in [6.45, 7) is 1.61. The molecule has 3 aromatic rings. The molecule has 0 amide bonds. The van der Waals surface area contributed by atoms with Crippen LogP contribution in [-0.2, 0) is 33.2 Å². The Bertz CT molecular complexity index is 1270. The lowest BCUT2D eigenvalue weighted by molar-refractivity contribution is 0.182. The van der Waals surface area contributed by atoms with Crippen LogP contribution in [0, 0.1) is 0 Å². The fourth-order valence-electron chi connectivity index (χ4n) is 3.73. The van der Waals surface area contributed by atoms with E-state index in [0.717, 1.165) is 37.2 Å². The molecule has 2 heterocycles. The number of thiophene rings is 1. The Balaban J connectivity index is 1.58. The van der Waals surface area contributed by atoms with Gasteiger partial charge < -0.3 is 0 Å². The van der Waals surface area contributed by atoms with Gasteiger partial charge in [0.2, 0.25) is 10.0 Å². The first-order valence-corrected chi connectivity index (χ1v) is 13.4. The monoisotopic (exact) mass is 480 g/mol. The van der Waals surface area contributed by atoms with Crippen molar-refractivity contribution in [1.29, 1.82) is 0 Å². The second-order valence-corrected chi connectivity index (χ2v) is 11.4. The lowest BCUT2D eigenvalue weighted by atomic mass is 10.0. The van der Waals surface area contributed by atoms with Crippen LogP contribution in [0.1, 0.15) is 22.0 Å². The van der Waals surface area contributed by atoms with Gasteiger partial charge in [-0.2, -0.15) is 8.42 Å². The summed E-state index contributed by atoms with van der Waals surface area (Å²) in [5.74, 6) is 0. The number of hydrogen-bond acceptors (Lipinski definition) is 6. The summed E-state index contributed by atoms with van der Waals surface area (Å²) in [5, 5.41) is 2.07. The third-order valence-corrected chi connectivity index (χ3v) is 8.59. The van der Waals surface area contributed by atoms with Crippen molar-refractivity contribution in [2.75, 3.05) is 13.1 Å². The molecular formula is C21H21FN2O4S3. The summed E-state index contributed by atoms with van der Waals surface area (Å²) >= 11 is 1.74. The minimum absolute atomic E-state index is 0.0957. The molecule has 1 N–H and O–H groups in total. The Morgan fingerprint density at radius 1 is 1.00 bits per heavy atom. The molecular weight excluding hydrogens is 459 g/mol. The highest BCUT2D eigenvalue weighted by Gasteiger charge is 2.27. The highest BCUT2D eigenvalue weighted by Crippen LogP contribution is 2.30. The molecule has 6 nitrogen and oxygen atoms in total. The van der Waals surface area contributed by atoms with Crippen LogP contribution in [-0.4, -0.2) is 34.8 Å². The van der Waals surface area contributed by atoms with Crippen molar-refractivity contribution < 1.29 is 20.7 Å². The lowest BCUT2D eigenvalue weighted by Gasteiger charge is -2.35. The SMILES string of the molecule is O=S(=O)(F)c1cccc(S(=O)(=O)NCC(c2ccccc2)N2CCc3sccc3C2)c1. The average Bonchev–Trinajstić information content (AvgIpc) is 3.22. The van der Waals surface area contributed by atoms with Gasteiger partial charge in [0.15, 0.2) is 0 Å². The summed E-state index contributed by atoms with van der Waals surface area (Å²) in [5.41, 5.74) is 2.23. The summed E-state index contributed by atoms with van der Waals surface area (Å²) < 4.78 is 63.9. The molecule has 1 aliphatic rings. The number of benzene rings is 2. The fraction of sp³-hybridized carbons (Fsp3) is 0.238. The maximum Gasteiger partial charge on any atom is 0.332 e. The number of halogens is 1. The van der Waals surface area contributed by atoms with Crippen molar-refractivity contribution in [3.8, 4) is 0 Å². The maximum atomic E-state index is 13.3. The molecule has 0 aliphatic carbocycles. The van der Waals surface area contributed by atoms with E-state index >= 15 is 0 Å². The summed E-state index contributed by atoms with van der Waals surface area (Å²) in [6, 6.07) is 15.8. The zero-order chi connectivity index (χ0) is 22.1. The normalized spacial score (nSPS) is 16.0. The van der Waals surface area contributed by atoms with Gasteiger partial charge in [0, 0.05) is 30.6 Å². The van der Waals surface area contributed by atoms with Crippen molar-refractivity contribution in [1.82, 2.24) is 9.62 Å². The van der Waals surface area contributed by atoms with E-state index in [4.69, 9.17) is 0 Å². The maximum absolute atomic E-state index is 13.3. The van der Waals surface area contributed by atoms with Crippen LogP contribution >= 0.6 is 11.3 Å². The van der Waals surface area contributed by atoms with Gasteiger partial charge >= 0.3 is 10.2 Å². The molecule has 0 saturated carbocycles. The molecule has 0 fully saturated rings. The van der Waals surface area contributed by atoms with Gasteiger partial charge in [0.1, 0.15) is 0 Å². The fourth-order valence-corrected chi connectivity index (χ4v) is 6.29. The second-order valence-electron chi connectivity index (χ2n) is 7.28. The van der Waals surface area contributed by atoms with Crippen LogP contribution < -0.4 is 4.72 Å². The van der Waals surface area contributed by atoms with Crippen molar-refractivity contribution >= 4 is 31.6 Å². The molecule has 4 rings (SSSR count). The molecule has 0 saturated heterocycles. The quantitative estimate of drug-likeness (QED) is 0.524. The molecule has 2 aromatic carbocycles. The minimum Gasteiger partial charge on any atom is -0.290 e. The number of hydrogen-bond donors (Lipinski definition) is 1. The third-order valence-electron chi connectivity index (χ3n) is 5.33. The van der Waals surface area contributed by atoms with Gasteiger partial charge in [-0.25, -0.2) is 13.1 Å². The Hall–Kier alpha value is -2.11. The van der Waals surface area contributed by atoms with Crippen LogP contribution in [0.3, 0.4) is 0 Å². The van der Waals surface area contributed by atoms with E-state index in [1.807, 2.05) is 30.3 Å². The number of nitrogens with zero attached hydrogens (tertiary/aromatic N) is 1. The molecule has 1 unspecified atom stereocenters. The number of rotatable bonds is 7. The average molecular weight is 481 g/mol. The van der Waals surface area contributed by atoms with Crippen molar-refractivity contribution in [3.05, 3.63) is 82.0 Å². The third kappa shape index (κ3) is 5.04. The smallest absolute Gasteiger partial charge is 0.290 e. The molecule has 1 aliphatic heterocycles. The molecule has 0 spiro atoms. The first kappa shape index (κ1) is 22.1. The number of fused-ring (bicyclic) bond motifs is 1. The van der Waals surface area contributed by atoms with Crippen molar-refractivity contribution in [2.24, 2.45) is 0 Å². The highest BCUT2D eigenvalue weighted by molar-refractivity contribution is 7.89. The van der Waals surface area contributed by atoms with E-state index in [9.17, 15) is 20.7 Å². The van der Waals surface area contributed by atoms with E-state index in [2.05, 4.69) is 21.1 Å². The van der Waals surface area contributed by atoms with Gasteiger partial charge in [0.25, 0.3) is 0 Å². The molecule has 1 aromatic heterocycles. The Morgan fingerprint density at radius 3 is 2.48 bits per heavy atom. The predicted octanol–water partition coefficient (Wildman–Crippen LogP) is 3.48. The van der Waals surface area contributed by atoms with E-state index in [0.29, 0.717) is 0 Å². The van der Waals surface area contributed by atoms with Crippen LogP contribution in [0.25, 0.3) is 0 Å². The van der Waals surface area contributed by atoms with Crippen LogP contribution in [0.15, 0.2) is 75.8 Å². The van der Waals surface area contributed by atoms with E-state index in [1.54, 1.807) is 11.3 Å². The molecule has 164 valence electrons. The van der Waals surface area contributed by atoms with Crippen LogP contribution in [0.5, 0.6) is 0 Å². The van der Waals surface area contributed by atoms with Crippen molar-refractivity contribution in [3.63, 3.8) is 0 Å². The Labute approximate surface area is 185 Å². The van der Waals surface area contributed by atoms with Crippen LogP contribution in [0.4, 0.5) is 3.89 Å². The van der Waals surface area contributed by atoms with Gasteiger partial charge in [-0.15, -0.1) is 15.2 Å². The van der Waals surface area contributed by atoms with Gasteiger partial charge in [-0.1, -0.05) is 36.4 Å². The highest BCUT2D eigenvalue weighted by atomic mass is 32.3. The summed E-state index contributed by atoms with van der Waals surface area (Å²) in [6.07, 6.45) is 0.902. The minimum atomic E-state index is -5.00. The summed E-state index contributed by atoms with van der Waals surface area (Å²) in [4.78, 5) is 2.61. The standard InChI is InChI=1S/C21H21FN2O4S3/c22-30(25,26)18-7-4-8-19(13-18)31(27,28)23-14-20(16-5-2-1-3-6-16)24-11-9-21-17(15-24)10-12-29-21/h1-8,10,12-13,20,23H,9,11,14-15H2. The Morgan fingerprint density at radius 2 is 1.74 bits per heavy atom. The lowest BCUT2D eigenvalue weighted by Crippen LogP contribution is -2.40. The predicted molar refractivity (Wildman–Crippen MR) is 118 cm³/mol. The number of sulfonamides is 1. The molecule has 0 bridgehead atoms. The Kier molecular flexibility index (Phi) is 6.27.